The van der Waals surface area contributed by atoms with Gasteiger partial charge in [-0.3, -0.25) is 5.26 Å². The van der Waals surface area contributed by atoms with E-state index in [2.05, 4.69) is 13.8 Å². The summed E-state index contributed by atoms with van der Waals surface area (Å²) in [6.45, 7) is 4.70. The van der Waals surface area contributed by atoms with Gasteiger partial charge in [-0.05, 0) is 86.9 Å². The Labute approximate surface area is 156 Å². The van der Waals surface area contributed by atoms with Gasteiger partial charge in [0, 0.05) is 0 Å². The first-order chi connectivity index (χ1) is 12.2. The molecule has 0 bridgehead atoms. The van der Waals surface area contributed by atoms with Crippen LogP contribution in [0.4, 0.5) is 0 Å². The van der Waals surface area contributed by atoms with Crippen molar-refractivity contribution < 1.29 is 10.1 Å². The van der Waals surface area contributed by atoms with Crippen LogP contribution in [0.1, 0.15) is 104 Å². The molecule has 3 fully saturated rings. The van der Waals surface area contributed by atoms with Crippen molar-refractivity contribution in [2.24, 2.45) is 35.5 Å². The van der Waals surface area contributed by atoms with E-state index in [1.54, 1.807) is 0 Å². The summed E-state index contributed by atoms with van der Waals surface area (Å²) in [7, 11) is 0. The van der Waals surface area contributed by atoms with Crippen LogP contribution in [-0.2, 0) is 4.89 Å². The molecule has 0 radical (unpaired) electrons. The molecule has 0 aliphatic heterocycles. The fraction of sp³-hybridized carbons (Fsp3) is 1.00. The van der Waals surface area contributed by atoms with Gasteiger partial charge in [0.25, 0.3) is 0 Å². The van der Waals surface area contributed by atoms with Gasteiger partial charge in [0.15, 0.2) is 0 Å². The normalized spacial score (nSPS) is 41.4. The Morgan fingerprint density at radius 2 is 1.24 bits per heavy atom. The Balaban J connectivity index is 1.43. The minimum Gasteiger partial charge on any atom is -0.252 e. The lowest BCUT2D eigenvalue weighted by molar-refractivity contribution is -0.307. The minimum atomic E-state index is 0.119. The highest BCUT2D eigenvalue weighted by atomic mass is 17.1. The van der Waals surface area contributed by atoms with E-state index in [1.165, 1.54) is 89.9 Å². The summed E-state index contributed by atoms with van der Waals surface area (Å²) in [5.74, 6) is 5.07. The molecule has 2 heteroatoms. The molecule has 0 aromatic carbocycles. The molecule has 0 heterocycles. The second kappa shape index (κ2) is 9.74. The molecule has 1 N–H and O–H groups in total. The van der Waals surface area contributed by atoms with E-state index in [0.717, 1.165) is 23.7 Å². The predicted octanol–water partition coefficient (Wildman–Crippen LogP) is 7.08. The number of rotatable bonds is 6. The summed E-state index contributed by atoms with van der Waals surface area (Å²) in [6, 6.07) is 0. The molecule has 2 nitrogen and oxygen atoms in total. The molecule has 0 amide bonds. The van der Waals surface area contributed by atoms with Gasteiger partial charge in [0.1, 0.15) is 0 Å². The van der Waals surface area contributed by atoms with Crippen molar-refractivity contribution in [2.75, 3.05) is 0 Å². The maximum absolute atomic E-state index is 9.59. The Morgan fingerprint density at radius 3 is 1.72 bits per heavy atom. The topological polar surface area (TPSA) is 29.5 Å². The quantitative estimate of drug-likeness (QED) is 0.409. The van der Waals surface area contributed by atoms with Crippen molar-refractivity contribution in [2.45, 2.75) is 110 Å². The van der Waals surface area contributed by atoms with Crippen molar-refractivity contribution >= 4 is 0 Å². The third kappa shape index (κ3) is 5.22. The van der Waals surface area contributed by atoms with E-state index >= 15 is 0 Å². The van der Waals surface area contributed by atoms with Gasteiger partial charge in [0.2, 0.25) is 0 Å². The molecule has 0 aromatic rings. The van der Waals surface area contributed by atoms with E-state index in [1.807, 2.05) is 0 Å². The average molecular weight is 351 g/mol. The largest absolute Gasteiger partial charge is 0.252 e. The molecule has 0 spiro atoms. The first-order valence-corrected chi connectivity index (χ1v) is 11.5. The van der Waals surface area contributed by atoms with Gasteiger partial charge in [-0.15, -0.1) is 0 Å². The van der Waals surface area contributed by atoms with Crippen LogP contribution in [0.15, 0.2) is 0 Å². The number of hydrogen-bond acceptors (Lipinski definition) is 2. The molecule has 3 rings (SSSR count). The lowest BCUT2D eigenvalue weighted by atomic mass is 9.66. The van der Waals surface area contributed by atoms with Crippen LogP contribution in [0.2, 0.25) is 0 Å². The molecular weight excluding hydrogens is 308 g/mol. The van der Waals surface area contributed by atoms with Crippen molar-refractivity contribution in [3.8, 4) is 0 Å². The van der Waals surface area contributed by atoms with E-state index in [0.29, 0.717) is 11.8 Å². The predicted molar refractivity (Wildman–Crippen MR) is 104 cm³/mol. The SMILES string of the molecule is CCCC1CCC(C2CCC(C(OO)C3CCC(C)CC3)CC2)CC1. The summed E-state index contributed by atoms with van der Waals surface area (Å²) in [5.41, 5.74) is 0. The molecule has 25 heavy (non-hydrogen) atoms. The fourth-order valence-electron chi connectivity index (χ4n) is 6.47. The van der Waals surface area contributed by atoms with Crippen molar-refractivity contribution in [1.29, 1.82) is 0 Å². The van der Waals surface area contributed by atoms with Crippen LogP contribution in [0, 0.1) is 35.5 Å². The van der Waals surface area contributed by atoms with Gasteiger partial charge in [-0.1, -0.05) is 52.4 Å². The fourth-order valence-corrected chi connectivity index (χ4v) is 6.47. The lowest BCUT2D eigenvalue weighted by Gasteiger charge is -2.41. The maximum atomic E-state index is 9.59. The van der Waals surface area contributed by atoms with E-state index in [-0.39, 0.29) is 6.10 Å². The highest BCUT2D eigenvalue weighted by Crippen LogP contribution is 2.45. The van der Waals surface area contributed by atoms with E-state index < -0.39 is 0 Å². The van der Waals surface area contributed by atoms with E-state index in [4.69, 9.17) is 4.89 Å². The van der Waals surface area contributed by atoms with Crippen LogP contribution in [0.3, 0.4) is 0 Å². The van der Waals surface area contributed by atoms with Crippen LogP contribution < -0.4 is 0 Å². The monoisotopic (exact) mass is 350 g/mol. The second-order valence-corrected chi connectivity index (χ2v) is 9.83. The Morgan fingerprint density at radius 1 is 0.760 bits per heavy atom. The zero-order chi connectivity index (χ0) is 17.6. The zero-order valence-corrected chi connectivity index (χ0v) is 16.8. The molecule has 3 aliphatic carbocycles. The average Bonchev–Trinajstić information content (AvgIpc) is 2.65. The Kier molecular flexibility index (Phi) is 7.66. The Hall–Kier alpha value is -0.0800. The summed E-state index contributed by atoms with van der Waals surface area (Å²) in [4.78, 5) is 5.09. The third-order valence-electron chi connectivity index (χ3n) is 8.18. The first kappa shape index (κ1) is 19.7. The summed E-state index contributed by atoms with van der Waals surface area (Å²) < 4.78 is 0. The van der Waals surface area contributed by atoms with Gasteiger partial charge in [-0.25, -0.2) is 4.89 Å². The lowest BCUT2D eigenvalue weighted by Crippen LogP contribution is -2.37. The molecule has 3 saturated carbocycles. The van der Waals surface area contributed by atoms with E-state index in [9.17, 15) is 5.26 Å². The van der Waals surface area contributed by atoms with Crippen molar-refractivity contribution in [3.05, 3.63) is 0 Å². The minimum absolute atomic E-state index is 0.119. The van der Waals surface area contributed by atoms with Crippen LogP contribution in [-0.4, -0.2) is 11.4 Å². The molecule has 1 atom stereocenters. The van der Waals surface area contributed by atoms with Crippen molar-refractivity contribution in [3.63, 3.8) is 0 Å². The maximum Gasteiger partial charge on any atom is 0.0983 e. The second-order valence-electron chi connectivity index (χ2n) is 9.83. The number of hydrogen-bond donors (Lipinski definition) is 1. The van der Waals surface area contributed by atoms with Crippen molar-refractivity contribution in [1.82, 2.24) is 0 Å². The first-order valence-electron chi connectivity index (χ1n) is 11.5. The molecule has 3 aliphatic rings. The molecule has 1 unspecified atom stereocenters. The highest BCUT2D eigenvalue weighted by molar-refractivity contribution is 4.87. The standard InChI is InChI=1S/C23H42O2/c1-3-4-18-7-11-19(12-8-18)20-13-15-22(16-14-20)23(25-24)21-9-5-17(2)6-10-21/h17-24H,3-16H2,1-2H3. The summed E-state index contributed by atoms with van der Waals surface area (Å²) in [6.07, 6.45) is 19.4. The molecular formula is C23H42O2. The van der Waals surface area contributed by atoms with Gasteiger partial charge in [0.05, 0.1) is 6.10 Å². The Bertz CT molecular complexity index is 358. The smallest absolute Gasteiger partial charge is 0.0983 e. The molecule has 0 aromatic heterocycles. The third-order valence-corrected chi connectivity index (χ3v) is 8.18. The zero-order valence-electron chi connectivity index (χ0n) is 16.8. The molecule has 146 valence electrons. The van der Waals surface area contributed by atoms with Gasteiger partial charge >= 0.3 is 0 Å². The van der Waals surface area contributed by atoms with Gasteiger partial charge in [-0.2, -0.15) is 0 Å². The van der Waals surface area contributed by atoms with Crippen LogP contribution in [0.5, 0.6) is 0 Å². The van der Waals surface area contributed by atoms with Crippen LogP contribution in [0.25, 0.3) is 0 Å². The summed E-state index contributed by atoms with van der Waals surface area (Å²) in [5, 5.41) is 9.59. The molecule has 0 saturated heterocycles. The summed E-state index contributed by atoms with van der Waals surface area (Å²) >= 11 is 0. The van der Waals surface area contributed by atoms with Crippen LogP contribution >= 0.6 is 0 Å². The van der Waals surface area contributed by atoms with Gasteiger partial charge < -0.3 is 0 Å². The highest BCUT2D eigenvalue weighted by Gasteiger charge is 2.37.